The molecule has 2 rings (SSSR count). The molecule has 0 radical (unpaired) electrons. The van der Waals surface area contributed by atoms with Gasteiger partial charge in [-0.2, -0.15) is 0 Å². The monoisotopic (exact) mass is 342 g/mol. The Labute approximate surface area is 146 Å². The highest BCUT2D eigenvalue weighted by atomic mass is 16.5. The molecule has 1 N–H and O–H groups in total. The number of methoxy groups -OCH3 is 2. The van der Waals surface area contributed by atoms with E-state index in [2.05, 4.69) is 5.32 Å². The van der Waals surface area contributed by atoms with Gasteiger partial charge >= 0.3 is 0 Å². The van der Waals surface area contributed by atoms with Gasteiger partial charge in [-0.15, -0.1) is 0 Å². The molecule has 25 heavy (non-hydrogen) atoms. The highest BCUT2D eigenvalue weighted by Crippen LogP contribution is 2.31. The predicted octanol–water partition coefficient (Wildman–Crippen LogP) is 1.62. The molecule has 0 heterocycles. The summed E-state index contributed by atoms with van der Waals surface area (Å²) < 4.78 is 10.4. The fourth-order valence-electron chi connectivity index (χ4n) is 2.52. The average molecular weight is 342 g/mol. The number of hydrogen-bond acceptors (Lipinski definition) is 5. The van der Waals surface area contributed by atoms with E-state index in [1.165, 1.54) is 14.2 Å². The lowest BCUT2D eigenvalue weighted by Gasteiger charge is -2.21. The Bertz CT molecular complexity index is 772. The topological polar surface area (TPSA) is 87.7 Å². The van der Waals surface area contributed by atoms with E-state index in [0.29, 0.717) is 22.6 Å². The van der Waals surface area contributed by atoms with Crippen LogP contribution in [0.15, 0.2) is 42.5 Å². The van der Waals surface area contributed by atoms with Crippen molar-refractivity contribution in [2.45, 2.75) is 19.4 Å². The summed E-state index contributed by atoms with van der Waals surface area (Å²) in [7, 11) is 3.00. The van der Waals surface area contributed by atoms with Crippen molar-refractivity contribution in [2.75, 3.05) is 14.2 Å². The summed E-state index contributed by atoms with van der Waals surface area (Å²) in [5.74, 6) is -0.648. The molecule has 1 amide bonds. The van der Waals surface area contributed by atoms with Gasteiger partial charge in [-0.3, -0.25) is 4.79 Å². The van der Waals surface area contributed by atoms with Gasteiger partial charge in [0.1, 0.15) is 0 Å². The second-order valence-electron chi connectivity index (χ2n) is 5.59. The number of carbonyl (C=O) groups is 2. The Morgan fingerprint density at radius 2 is 1.80 bits per heavy atom. The number of hydrogen-bond donors (Lipinski definition) is 1. The standard InChI is InChI=1S/C19H21NO5/c1-12-5-4-6-14(9-12)19(23)20-15(11-18(21)22)13-7-8-16(24-2)17(10-13)25-3/h4-10,15H,11H2,1-3H3,(H,20,23)(H,21,22)/p-1/t15-/m1/s1. The number of carbonyl (C=O) groups excluding carboxylic acids is 2. The molecule has 0 bridgehead atoms. The molecule has 6 nitrogen and oxygen atoms in total. The van der Waals surface area contributed by atoms with Crippen LogP contribution in [-0.4, -0.2) is 26.1 Å². The van der Waals surface area contributed by atoms with Crippen LogP contribution in [0.3, 0.4) is 0 Å². The van der Waals surface area contributed by atoms with Crippen molar-refractivity contribution in [2.24, 2.45) is 0 Å². The van der Waals surface area contributed by atoms with Gasteiger partial charge in [0.2, 0.25) is 0 Å². The molecule has 0 fully saturated rings. The lowest BCUT2D eigenvalue weighted by Crippen LogP contribution is -2.34. The van der Waals surface area contributed by atoms with Crippen molar-refractivity contribution < 1.29 is 24.2 Å². The van der Waals surface area contributed by atoms with Crippen LogP contribution in [0.1, 0.15) is 33.9 Å². The van der Waals surface area contributed by atoms with E-state index in [4.69, 9.17) is 9.47 Å². The normalized spacial score (nSPS) is 11.5. The van der Waals surface area contributed by atoms with E-state index in [1.807, 2.05) is 13.0 Å². The molecule has 2 aromatic rings. The minimum atomic E-state index is -1.26. The van der Waals surface area contributed by atoms with Gasteiger partial charge in [0.25, 0.3) is 5.91 Å². The van der Waals surface area contributed by atoms with E-state index in [9.17, 15) is 14.7 Å². The predicted molar refractivity (Wildman–Crippen MR) is 90.6 cm³/mol. The molecule has 0 aliphatic carbocycles. The molecule has 0 aliphatic heterocycles. The van der Waals surface area contributed by atoms with E-state index >= 15 is 0 Å². The molecule has 0 unspecified atom stereocenters. The lowest BCUT2D eigenvalue weighted by molar-refractivity contribution is -0.306. The summed E-state index contributed by atoms with van der Waals surface area (Å²) >= 11 is 0. The third-order valence-electron chi connectivity index (χ3n) is 3.77. The summed E-state index contributed by atoms with van der Waals surface area (Å²) in [5, 5.41) is 13.9. The second-order valence-corrected chi connectivity index (χ2v) is 5.59. The first-order valence-electron chi connectivity index (χ1n) is 7.74. The number of nitrogens with one attached hydrogen (secondary N) is 1. The minimum absolute atomic E-state index is 0.354. The maximum atomic E-state index is 12.5. The third kappa shape index (κ3) is 4.73. The Hall–Kier alpha value is -3.02. The zero-order valence-corrected chi connectivity index (χ0v) is 14.4. The number of amides is 1. The van der Waals surface area contributed by atoms with Gasteiger partial charge in [0.15, 0.2) is 11.5 Å². The van der Waals surface area contributed by atoms with Gasteiger partial charge in [-0.1, -0.05) is 23.8 Å². The number of benzene rings is 2. The molecule has 0 aromatic heterocycles. The Morgan fingerprint density at radius 3 is 2.40 bits per heavy atom. The van der Waals surface area contributed by atoms with Crippen molar-refractivity contribution in [1.82, 2.24) is 5.32 Å². The number of ether oxygens (including phenoxy) is 2. The van der Waals surface area contributed by atoms with Crippen LogP contribution >= 0.6 is 0 Å². The largest absolute Gasteiger partial charge is 0.550 e. The van der Waals surface area contributed by atoms with Crippen LogP contribution in [0.2, 0.25) is 0 Å². The highest BCUT2D eigenvalue weighted by Gasteiger charge is 2.18. The van der Waals surface area contributed by atoms with Gasteiger partial charge < -0.3 is 24.7 Å². The fraction of sp³-hybridized carbons (Fsp3) is 0.263. The number of rotatable bonds is 7. The average Bonchev–Trinajstić information content (AvgIpc) is 2.60. The van der Waals surface area contributed by atoms with E-state index in [1.54, 1.807) is 36.4 Å². The smallest absolute Gasteiger partial charge is 0.251 e. The zero-order valence-electron chi connectivity index (χ0n) is 14.4. The summed E-state index contributed by atoms with van der Waals surface area (Å²) in [6.07, 6.45) is -0.354. The molecular formula is C19H20NO5-. The van der Waals surface area contributed by atoms with Gasteiger partial charge in [-0.25, -0.2) is 0 Å². The van der Waals surface area contributed by atoms with Crippen molar-refractivity contribution in [3.8, 4) is 11.5 Å². The molecule has 6 heteroatoms. The quantitative estimate of drug-likeness (QED) is 0.826. The van der Waals surface area contributed by atoms with Crippen LogP contribution in [-0.2, 0) is 4.79 Å². The number of carboxylic acid groups (broad SMARTS) is 1. The maximum absolute atomic E-state index is 12.5. The second kappa shape index (κ2) is 8.19. The molecule has 1 atom stereocenters. The molecular weight excluding hydrogens is 322 g/mol. The number of aliphatic carboxylic acids is 1. The van der Waals surface area contributed by atoms with Crippen LogP contribution in [0.4, 0.5) is 0 Å². The fourth-order valence-corrected chi connectivity index (χ4v) is 2.52. The van der Waals surface area contributed by atoms with Crippen molar-refractivity contribution in [3.63, 3.8) is 0 Å². The van der Waals surface area contributed by atoms with Crippen molar-refractivity contribution in [3.05, 3.63) is 59.2 Å². The first kappa shape index (κ1) is 18.3. The molecule has 132 valence electrons. The first-order valence-corrected chi connectivity index (χ1v) is 7.74. The van der Waals surface area contributed by atoms with Crippen molar-refractivity contribution >= 4 is 11.9 Å². The number of carboxylic acids is 1. The van der Waals surface area contributed by atoms with Crippen LogP contribution < -0.4 is 19.9 Å². The van der Waals surface area contributed by atoms with E-state index in [0.717, 1.165) is 5.56 Å². The Kier molecular flexibility index (Phi) is 6.00. The highest BCUT2D eigenvalue weighted by molar-refractivity contribution is 5.94. The SMILES string of the molecule is COc1ccc([C@@H](CC(=O)[O-])NC(=O)c2cccc(C)c2)cc1OC. The maximum Gasteiger partial charge on any atom is 0.251 e. The third-order valence-corrected chi connectivity index (χ3v) is 3.77. The molecule has 0 aliphatic rings. The first-order chi connectivity index (χ1) is 11.9. The minimum Gasteiger partial charge on any atom is -0.550 e. The molecule has 0 saturated heterocycles. The molecule has 2 aromatic carbocycles. The summed E-state index contributed by atoms with van der Waals surface area (Å²) in [4.78, 5) is 23.6. The van der Waals surface area contributed by atoms with Gasteiger partial charge in [0.05, 0.1) is 20.3 Å². The summed E-state index contributed by atoms with van der Waals surface area (Å²) in [6, 6.07) is 11.3. The van der Waals surface area contributed by atoms with Crippen LogP contribution in [0, 0.1) is 6.92 Å². The van der Waals surface area contributed by atoms with Crippen LogP contribution in [0.25, 0.3) is 0 Å². The van der Waals surface area contributed by atoms with Crippen LogP contribution in [0.5, 0.6) is 11.5 Å². The zero-order chi connectivity index (χ0) is 18.4. The van der Waals surface area contributed by atoms with E-state index in [-0.39, 0.29) is 12.3 Å². The van der Waals surface area contributed by atoms with E-state index < -0.39 is 12.0 Å². The molecule has 0 saturated carbocycles. The van der Waals surface area contributed by atoms with Gasteiger partial charge in [-0.05, 0) is 36.8 Å². The van der Waals surface area contributed by atoms with Gasteiger partial charge in [0, 0.05) is 18.0 Å². The Balaban J connectivity index is 2.30. The Morgan fingerprint density at radius 1 is 1.08 bits per heavy atom. The van der Waals surface area contributed by atoms with Crippen molar-refractivity contribution in [1.29, 1.82) is 0 Å². The number of aryl methyl sites for hydroxylation is 1. The molecule has 0 spiro atoms. The summed E-state index contributed by atoms with van der Waals surface area (Å²) in [5.41, 5.74) is 1.99. The lowest BCUT2D eigenvalue weighted by atomic mass is 10.0. The summed E-state index contributed by atoms with van der Waals surface area (Å²) in [6.45, 7) is 1.88.